The van der Waals surface area contributed by atoms with Crippen molar-refractivity contribution in [1.82, 2.24) is 9.21 Å². The van der Waals surface area contributed by atoms with Gasteiger partial charge in [-0.3, -0.25) is 4.79 Å². The molecule has 6 heteroatoms. The molecule has 3 rings (SSSR count). The fourth-order valence-electron chi connectivity index (χ4n) is 3.60. The number of sulfonamides is 1. The largest absolute Gasteiger partial charge is 0.338 e. The van der Waals surface area contributed by atoms with Crippen molar-refractivity contribution in [3.63, 3.8) is 0 Å². The SMILES string of the molecule is CCCN(CC1CC1)C(=O)c1ccc(C)c(S(=O)(=O)N2CCCCC2)c1. The van der Waals surface area contributed by atoms with Crippen LogP contribution in [0.1, 0.15) is 61.4 Å². The topological polar surface area (TPSA) is 57.7 Å². The fraction of sp³-hybridized carbons (Fsp3) is 0.650. The van der Waals surface area contributed by atoms with Crippen LogP contribution in [-0.2, 0) is 10.0 Å². The van der Waals surface area contributed by atoms with Crippen molar-refractivity contribution >= 4 is 15.9 Å². The molecule has 2 fully saturated rings. The molecule has 0 bridgehead atoms. The number of nitrogens with zero attached hydrogens (tertiary/aromatic N) is 2. The molecule has 0 aromatic heterocycles. The van der Waals surface area contributed by atoms with Crippen LogP contribution in [0.15, 0.2) is 23.1 Å². The zero-order valence-electron chi connectivity index (χ0n) is 15.9. The number of hydrogen-bond donors (Lipinski definition) is 0. The maximum absolute atomic E-state index is 13.1. The van der Waals surface area contributed by atoms with Crippen LogP contribution in [0.5, 0.6) is 0 Å². The maximum atomic E-state index is 13.1. The Hall–Kier alpha value is -1.40. The Morgan fingerprint density at radius 1 is 1.19 bits per heavy atom. The molecule has 1 saturated heterocycles. The van der Waals surface area contributed by atoms with E-state index in [1.165, 1.54) is 12.8 Å². The summed E-state index contributed by atoms with van der Waals surface area (Å²) < 4.78 is 27.7. The number of aryl methyl sites for hydroxylation is 1. The number of rotatable bonds is 7. The maximum Gasteiger partial charge on any atom is 0.253 e. The summed E-state index contributed by atoms with van der Waals surface area (Å²) in [6.07, 6.45) is 6.18. The Morgan fingerprint density at radius 3 is 2.50 bits per heavy atom. The molecule has 0 unspecified atom stereocenters. The summed E-state index contributed by atoms with van der Waals surface area (Å²) in [5.41, 5.74) is 1.19. The molecule has 1 heterocycles. The number of carbonyl (C=O) groups excluding carboxylic acids is 1. The molecular weight excluding hydrogens is 348 g/mol. The van der Waals surface area contributed by atoms with Gasteiger partial charge in [0.2, 0.25) is 10.0 Å². The van der Waals surface area contributed by atoms with Gasteiger partial charge in [0.1, 0.15) is 0 Å². The van der Waals surface area contributed by atoms with E-state index < -0.39 is 10.0 Å². The molecule has 5 nitrogen and oxygen atoms in total. The Morgan fingerprint density at radius 2 is 1.88 bits per heavy atom. The molecule has 26 heavy (non-hydrogen) atoms. The zero-order valence-corrected chi connectivity index (χ0v) is 16.7. The normalized spacial score (nSPS) is 18.7. The predicted molar refractivity (Wildman–Crippen MR) is 103 cm³/mol. The molecule has 0 spiro atoms. The quantitative estimate of drug-likeness (QED) is 0.730. The van der Waals surface area contributed by atoms with E-state index in [2.05, 4.69) is 6.92 Å². The molecule has 0 radical (unpaired) electrons. The average Bonchev–Trinajstić information content (AvgIpc) is 3.46. The van der Waals surface area contributed by atoms with Crippen molar-refractivity contribution < 1.29 is 13.2 Å². The van der Waals surface area contributed by atoms with Crippen LogP contribution < -0.4 is 0 Å². The van der Waals surface area contributed by atoms with Crippen LogP contribution in [0.25, 0.3) is 0 Å². The lowest BCUT2D eigenvalue weighted by Gasteiger charge is -2.27. The summed E-state index contributed by atoms with van der Waals surface area (Å²) >= 11 is 0. The van der Waals surface area contributed by atoms with Crippen molar-refractivity contribution in [2.45, 2.75) is 57.3 Å². The van der Waals surface area contributed by atoms with Gasteiger partial charge in [-0.15, -0.1) is 0 Å². The summed E-state index contributed by atoms with van der Waals surface area (Å²) in [5, 5.41) is 0. The van der Waals surface area contributed by atoms with Crippen molar-refractivity contribution in [3.8, 4) is 0 Å². The van der Waals surface area contributed by atoms with Crippen LogP contribution in [-0.4, -0.2) is 49.7 Å². The summed E-state index contributed by atoms with van der Waals surface area (Å²) in [6.45, 7) is 6.52. The highest BCUT2D eigenvalue weighted by Crippen LogP contribution is 2.31. The van der Waals surface area contributed by atoms with Crippen LogP contribution in [0.4, 0.5) is 0 Å². The molecule has 1 saturated carbocycles. The minimum Gasteiger partial charge on any atom is -0.338 e. The minimum atomic E-state index is -3.53. The third-order valence-electron chi connectivity index (χ3n) is 5.32. The zero-order chi connectivity index (χ0) is 18.7. The lowest BCUT2D eigenvalue weighted by Crippen LogP contribution is -2.36. The summed E-state index contributed by atoms with van der Waals surface area (Å²) in [5.74, 6) is 0.571. The monoisotopic (exact) mass is 378 g/mol. The highest BCUT2D eigenvalue weighted by atomic mass is 32.2. The predicted octanol–water partition coefficient (Wildman–Crippen LogP) is 3.43. The van der Waals surface area contributed by atoms with E-state index >= 15 is 0 Å². The van der Waals surface area contributed by atoms with Gasteiger partial charge in [0.25, 0.3) is 5.91 Å². The van der Waals surface area contributed by atoms with Gasteiger partial charge in [-0.2, -0.15) is 4.31 Å². The first-order chi connectivity index (χ1) is 12.4. The van der Waals surface area contributed by atoms with E-state index in [9.17, 15) is 13.2 Å². The number of benzene rings is 1. The summed E-state index contributed by atoms with van der Waals surface area (Å²) in [7, 11) is -3.53. The fourth-order valence-corrected chi connectivity index (χ4v) is 5.36. The van der Waals surface area contributed by atoms with Gasteiger partial charge in [-0.05, 0) is 62.6 Å². The Kier molecular flexibility index (Phi) is 6.03. The van der Waals surface area contributed by atoms with Crippen molar-refractivity contribution in [1.29, 1.82) is 0 Å². The molecule has 0 N–H and O–H groups in total. The smallest absolute Gasteiger partial charge is 0.253 e. The Balaban J connectivity index is 1.87. The highest BCUT2D eigenvalue weighted by Gasteiger charge is 2.30. The number of piperidine rings is 1. The van der Waals surface area contributed by atoms with Gasteiger partial charge in [-0.25, -0.2) is 8.42 Å². The molecule has 2 aliphatic rings. The molecule has 1 aliphatic carbocycles. The molecule has 1 amide bonds. The Bertz CT molecular complexity index is 750. The molecule has 1 aliphatic heterocycles. The molecular formula is C20H30N2O3S. The van der Waals surface area contributed by atoms with E-state index in [-0.39, 0.29) is 10.8 Å². The van der Waals surface area contributed by atoms with Gasteiger partial charge in [0, 0.05) is 31.7 Å². The lowest BCUT2D eigenvalue weighted by atomic mass is 10.1. The van der Waals surface area contributed by atoms with Crippen molar-refractivity contribution in [3.05, 3.63) is 29.3 Å². The van der Waals surface area contributed by atoms with Crippen LogP contribution in [0.3, 0.4) is 0 Å². The van der Waals surface area contributed by atoms with E-state index in [0.717, 1.165) is 38.8 Å². The number of carbonyl (C=O) groups is 1. The molecule has 0 atom stereocenters. The second-order valence-electron chi connectivity index (χ2n) is 7.64. The van der Waals surface area contributed by atoms with Crippen molar-refractivity contribution in [2.24, 2.45) is 5.92 Å². The van der Waals surface area contributed by atoms with Crippen LogP contribution >= 0.6 is 0 Å². The summed E-state index contributed by atoms with van der Waals surface area (Å²) in [4.78, 5) is 15.2. The molecule has 1 aromatic carbocycles. The van der Waals surface area contributed by atoms with Crippen LogP contribution in [0, 0.1) is 12.8 Å². The molecule has 1 aromatic rings. The third-order valence-corrected chi connectivity index (χ3v) is 7.36. The van der Waals surface area contributed by atoms with Gasteiger partial charge in [-0.1, -0.05) is 19.4 Å². The van der Waals surface area contributed by atoms with Gasteiger partial charge >= 0.3 is 0 Å². The first-order valence-corrected chi connectivity index (χ1v) is 11.3. The second-order valence-corrected chi connectivity index (χ2v) is 9.55. The number of amides is 1. The van der Waals surface area contributed by atoms with E-state index in [4.69, 9.17) is 0 Å². The van der Waals surface area contributed by atoms with E-state index in [1.54, 1.807) is 29.4 Å². The van der Waals surface area contributed by atoms with Crippen LogP contribution in [0.2, 0.25) is 0 Å². The van der Waals surface area contributed by atoms with E-state index in [1.807, 2.05) is 4.90 Å². The Labute approximate surface area is 157 Å². The van der Waals surface area contributed by atoms with Crippen molar-refractivity contribution in [2.75, 3.05) is 26.2 Å². The first-order valence-electron chi connectivity index (χ1n) is 9.83. The van der Waals surface area contributed by atoms with E-state index in [0.29, 0.717) is 30.1 Å². The summed E-state index contributed by atoms with van der Waals surface area (Å²) in [6, 6.07) is 5.13. The average molecular weight is 379 g/mol. The second kappa shape index (κ2) is 8.09. The number of hydrogen-bond acceptors (Lipinski definition) is 3. The first kappa shape index (κ1) is 19.4. The minimum absolute atomic E-state index is 0.0474. The lowest BCUT2D eigenvalue weighted by molar-refractivity contribution is 0.0747. The molecule has 144 valence electrons. The van der Waals surface area contributed by atoms with Gasteiger partial charge in [0.05, 0.1) is 4.90 Å². The highest BCUT2D eigenvalue weighted by molar-refractivity contribution is 7.89. The van der Waals surface area contributed by atoms with Gasteiger partial charge < -0.3 is 4.90 Å². The standard InChI is InChI=1S/C20H30N2O3S/c1-3-11-21(15-17-8-9-17)20(23)18-10-7-16(2)19(14-18)26(24,25)22-12-5-4-6-13-22/h7,10,14,17H,3-6,8-9,11-13,15H2,1-2H3. The van der Waals surface area contributed by atoms with Gasteiger partial charge in [0.15, 0.2) is 0 Å². The third kappa shape index (κ3) is 4.29.